The molecule has 0 aromatic rings. The lowest BCUT2D eigenvalue weighted by Gasteiger charge is -2.20. The third-order valence-corrected chi connectivity index (χ3v) is 1.77. The van der Waals surface area contributed by atoms with Crippen molar-refractivity contribution in [1.82, 2.24) is 15.5 Å². The number of hydrogen-bond acceptors (Lipinski definition) is 4. The lowest BCUT2D eigenvalue weighted by Crippen LogP contribution is -2.37. The maximum Gasteiger partial charge on any atom is 0.0558 e. The van der Waals surface area contributed by atoms with Crippen LogP contribution in [0, 0.1) is 0 Å². The Hall–Kier alpha value is -0.160. The van der Waals surface area contributed by atoms with Gasteiger partial charge >= 0.3 is 0 Å². The van der Waals surface area contributed by atoms with Crippen LogP contribution in [0.3, 0.4) is 0 Å². The van der Waals surface area contributed by atoms with Gasteiger partial charge in [0.1, 0.15) is 0 Å². The van der Waals surface area contributed by atoms with Crippen LogP contribution in [0.25, 0.3) is 0 Å². The summed E-state index contributed by atoms with van der Waals surface area (Å²) in [6, 6.07) is 0. The van der Waals surface area contributed by atoms with Gasteiger partial charge in [-0.25, -0.2) is 0 Å². The molecular weight excluding hydrogens is 154 g/mol. The summed E-state index contributed by atoms with van der Waals surface area (Å²) < 4.78 is 0. The third kappa shape index (κ3) is 6.54. The predicted octanol–water partition coefficient (Wildman–Crippen LogP) is -1.28. The molecule has 0 rings (SSSR count). The molecule has 0 aromatic carbocycles. The molecule has 0 bridgehead atoms. The van der Waals surface area contributed by atoms with Gasteiger partial charge in [0, 0.05) is 32.7 Å². The Balaban J connectivity index is 3.40. The van der Waals surface area contributed by atoms with Crippen molar-refractivity contribution in [2.45, 2.75) is 0 Å². The molecule has 12 heavy (non-hydrogen) atoms. The molecule has 0 aliphatic carbocycles. The van der Waals surface area contributed by atoms with E-state index in [2.05, 4.69) is 15.5 Å². The second-order valence-electron chi connectivity index (χ2n) is 2.77. The minimum Gasteiger partial charge on any atom is -0.395 e. The molecule has 0 spiro atoms. The Bertz CT molecular complexity index is 82.4. The smallest absolute Gasteiger partial charge is 0.0558 e. The number of aliphatic hydroxyl groups is 1. The zero-order valence-electron chi connectivity index (χ0n) is 8.14. The molecule has 0 saturated carbocycles. The summed E-state index contributed by atoms with van der Waals surface area (Å²) >= 11 is 0. The molecule has 4 heteroatoms. The summed E-state index contributed by atoms with van der Waals surface area (Å²) in [7, 11) is 3.88. The number of nitrogens with one attached hydrogen (secondary N) is 2. The van der Waals surface area contributed by atoms with Gasteiger partial charge in [0.2, 0.25) is 0 Å². The number of likely N-dealkylation sites (N-methyl/N-ethyl adjacent to an activating group) is 2. The van der Waals surface area contributed by atoms with Crippen molar-refractivity contribution in [3.05, 3.63) is 0 Å². The molecule has 0 saturated heterocycles. The second-order valence-corrected chi connectivity index (χ2v) is 2.77. The van der Waals surface area contributed by atoms with E-state index in [1.165, 1.54) is 0 Å². The average Bonchev–Trinajstić information content (AvgIpc) is 2.10. The zero-order valence-corrected chi connectivity index (χ0v) is 8.14. The van der Waals surface area contributed by atoms with Gasteiger partial charge in [-0.15, -0.1) is 0 Å². The molecule has 0 amide bonds. The Morgan fingerprint density at radius 3 is 1.83 bits per heavy atom. The first-order chi connectivity index (χ1) is 5.85. The van der Waals surface area contributed by atoms with Gasteiger partial charge < -0.3 is 15.7 Å². The third-order valence-electron chi connectivity index (χ3n) is 1.77. The van der Waals surface area contributed by atoms with Crippen LogP contribution >= 0.6 is 0 Å². The van der Waals surface area contributed by atoms with Gasteiger partial charge in [-0.3, -0.25) is 4.90 Å². The zero-order chi connectivity index (χ0) is 9.23. The van der Waals surface area contributed by atoms with Crippen LogP contribution in [0.5, 0.6) is 0 Å². The maximum absolute atomic E-state index is 8.75. The van der Waals surface area contributed by atoms with E-state index in [1.807, 2.05) is 14.1 Å². The van der Waals surface area contributed by atoms with Crippen LogP contribution in [0.1, 0.15) is 0 Å². The molecule has 0 aliphatic heterocycles. The standard InChI is InChI=1S/C8H21N3O/c1-9-3-5-11(7-8-12)6-4-10-2/h9-10,12H,3-8H2,1-2H3. The highest BCUT2D eigenvalue weighted by molar-refractivity contribution is 4.59. The topological polar surface area (TPSA) is 47.5 Å². The first-order valence-corrected chi connectivity index (χ1v) is 4.47. The van der Waals surface area contributed by atoms with Crippen molar-refractivity contribution in [3.63, 3.8) is 0 Å². The molecule has 74 valence electrons. The normalized spacial score (nSPS) is 11.0. The SMILES string of the molecule is CNCCN(CCO)CCNC. The quantitative estimate of drug-likeness (QED) is 0.430. The molecule has 4 nitrogen and oxygen atoms in total. The van der Waals surface area contributed by atoms with Gasteiger partial charge in [0.15, 0.2) is 0 Å². The summed E-state index contributed by atoms with van der Waals surface area (Å²) in [5, 5.41) is 14.9. The van der Waals surface area contributed by atoms with E-state index in [-0.39, 0.29) is 6.61 Å². The number of hydrogen-bond donors (Lipinski definition) is 3. The van der Waals surface area contributed by atoms with Crippen LogP contribution < -0.4 is 10.6 Å². The van der Waals surface area contributed by atoms with Crippen LogP contribution in [-0.2, 0) is 0 Å². The summed E-state index contributed by atoms with van der Waals surface area (Å²) in [5.41, 5.74) is 0. The molecule has 0 fully saturated rings. The van der Waals surface area contributed by atoms with Crippen LogP contribution in [0.2, 0.25) is 0 Å². The number of nitrogens with zero attached hydrogens (tertiary/aromatic N) is 1. The van der Waals surface area contributed by atoms with Crippen LogP contribution in [-0.4, -0.2) is 63.4 Å². The molecule has 0 aliphatic rings. The van der Waals surface area contributed by atoms with E-state index in [9.17, 15) is 0 Å². The van der Waals surface area contributed by atoms with Crippen molar-refractivity contribution in [3.8, 4) is 0 Å². The van der Waals surface area contributed by atoms with Crippen molar-refractivity contribution in [2.24, 2.45) is 0 Å². The highest BCUT2D eigenvalue weighted by Crippen LogP contribution is 1.84. The summed E-state index contributed by atoms with van der Waals surface area (Å²) in [6.45, 7) is 4.96. The van der Waals surface area contributed by atoms with Gasteiger partial charge in [-0.1, -0.05) is 0 Å². The maximum atomic E-state index is 8.75. The Kier molecular flexibility index (Phi) is 8.81. The molecule has 0 aromatic heterocycles. The Morgan fingerprint density at radius 1 is 1.00 bits per heavy atom. The average molecular weight is 175 g/mol. The number of rotatable bonds is 8. The van der Waals surface area contributed by atoms with E-state index >= 15 is 0 Å². The lowest BCUT2D eigenvalue weighted by atomic mass is 10.4. The molecule has 3 N–H and O–H groups in total. The Labute approximate surface area is 74.9 Å². The largest absolute Gasteiger partial charge is 0.395 e. The fourth-order valence-electron chi connectivity index (χ4n) is 1.02. The number of aliphatic hydroxyl groups excluding tert-OH is 1. The lowest BCUT2D eigenvalue weighted by molar-refractivity contribution is 0.198. The molecule has 0 radical (unpaired) electrons. The van der Waals surface area contributed by atoms with Crippen LogP contribution in [0.4, 0.5) is 0 Å². The first-order valence-electron chi connectivity index (χ1n) is 4.47. The Morgan fingerprint density at radius 2 is 1.50 bits per heavy atom. The van der Waals surface area contributed by atoms with Gasteiger partial charge in [0.05, 0.1) is 6.61 Å². The summed E-state index contributed by atoms with van der Waals surface area (Å²) in [6.07, 6.45) is 0. The fraction of sp³-hybridized carbons (Fsp3) is 1.00. The minimum absolute atomic E-state index is 0.243. The van der Waals surface area contributed by atoms with E-state index in [4.69, 9.17) is 5.11 Å². The molecular formula is C8H21N3O. The first kappa shape index (κ1) is 11.8. The van der Waals surface area contributed by atoms with Crippen LogP contribution in [0.15, 0.2) is 0 Å². The monoisotopic (exact) mass is 175 g/mol. The van der Waals surface area contributed by atoms with E-state index in [0.717, 1.165) is 32.7 Å². The fourth-order valence-corrected chi connectivity index (χ4v) is 1.02. The molecule has 0 heterocycles. The summed E-state index contributed by atoms with van der Waals surface area (Å²) in [5.74, 6) is 0. The van der Waals surface area contributed by atoms with Gasteiger partial charge in [0.25, 0.3) is 0 Å². The van der Waals surface area contributed by atoms with E-state index in [0.29, 0.717) is 0 Å². The van der Waals surface area contributed by atoms with E-state index in [1.54, 1.807) is 0 Å². The molecule has 0 unspecified atom stereocenters. The molecule has 0 atom stereocenters. The van der Waals surface area contributed by atoms with Crippen molar-refractivity contribution >= 4 is 0 Å². The van der Waals surface area contributed by atoms with E-state index < -0.39 is 0 Å². The van der Waals surface area contributed by atoms with Crippen molar-refractivity contribution in [1.29, 1.82) is 0 Å². The van der Waals surface area contributed by atoms with Crippen molar-refractivity contribution < 1.29 is 5.11 Å². The second kappa shape index (κ2) is 8.93. The summed E-state index contributed by atoms with van der Waals surface area (Å²) in [4.78, 5) is 2.23. The predicted molar refractivity (Wildman–Crippen MR) is 51.4 cm³/mol. The van der Waals surface area contributed by atoms with Gasteiger partial charge in [-0.2, -0.15) is 0 Å². The highest BCUT2D eigenvalue weighted by atomic mass is 16.3. The van der Waals surface area contributed by atoms with Crippen molar-refractivity contribution in [2.75, 3.05) is 53.4 Å². The van der Waals surface area contributed by atoms with Gasteiger partial charge in [-0.05, 0) is 14.1 Å². The highest BCUT2D eigenvalue weighted by Gasteiger charge is 2.01. The minimum atomic E-state index is 0.243.